The minimum absolute atomic E-state index is 0.0394. The Morgan fingerprint density at radius 3 is 2.52 bits per heavy atom. The van der Waals surface area contributed by atoms with Gasteiger partial charge in [-0.2, -0.15) is 5.23 Å². The van der Waals surface area contributed by atoms with E-state index in [9.17, 15) is 10.0 Å². The van der Waals surface area contributed by atoms with E-state index in [-0.39, 0.29) is 23.0 Å². The van der Waals surface area contributed by atoms with Gasteiger partial charge in [0.05, 0.1) is 5.41 Å². The molecule has 0 heterocycles. The second-order valence-electron chi connectivity index (χ2n) is 10.1. The Morgan fingerprint density at radius 2 is 1.87 bits per heavy atom. The van der Waals surface area contributed by atoms with Crippen LogP contribution in [0.3, 0.4) is 0 Å². The number of esters is 1. The van der Waals surface area contributed by atoms with Gasteiger partial charge in [-0.3, -0.25) is 4.79 Å². The minimum atomic E-state index is -0.991. The molecule has 5 nitrogen and oxygen atoms in total. The maximum Gasteiger partial charge on any atom is 0.317 e. The predicted octanol–water partition coefficient (Wildman–Crippen LogP) is 4.83. The number of carbonyl (C=O) groups excluding carboxylic acids is 1. The van der Waals surface area contributed by atoms with Crippen molar-refractivity contribution in [1.29, 1.82) is 0 Å². The predicted molar refractivity (Wildman–Crippen MR) is 120 cm³/mol. The van der Waals surface area contributed by atoms with E-state index in [2.05, 4.69) is 45.9 Å². The van der Waals surface area contributed by atoms with Crippen LogP contribution in [-0.2, 0) is 16.6 Å². The topological polar surface area (TPSA) is 74.0 Å². The zero-order chi connectivity index (χ0) is 22.4. The first-order valence-electron chi connectivity index (χ1n) is 11.3. The molecule has 2 aliphatic carbocycles. The van der Waals surface area contributed by atoms with Crippen LogP contribution in [0, 0.1) is 16.5 Å². The summed E-state index contributed by atoms with van der Waals surface area (Å²) in [5, 5.41) is 19.2. The second kappa shape index (κ2) is 8.05. The number of rotatable bonds is 4. The van der Waals surface area contributed by atoms with Crippen LogP contribution in [-0.4, -0.2) is 11.2 Å². The normalized spacial score (nSPS) is 28.5. The van der Waals surface area contributed by atoms with Gasteiger partial charge in [-0.25, -0.2) is 5.21 Å². The van der Waals surface area contributed by atoms with Crippen LogP contribution in [0.2, 0.25) is 0 Å². The number of benzene rings is 2. The summed E-state index contributed by atoms with van der Waals surface area (Å²) in [5.74, 6) is 0.932. The van der Waals surface area contributed by atoms with Crippen LogP contribution < -0.4 is 9.96 Å². The number of hydrogen-bond donors (Lipinski definition) is 2. The first-order valence-corrected chi connectivity index (χ1v) is 11.3. The van der Waals surface area contributed by atoms with Gasteiger partial charge in [0.15, 0.2) is 5.69 Å². The largest absolute Gasteiger partial charge is 0.595 e. The lowest BCUT2D eigenvalue weighted by Gasteiger charge is -2.54. The Bertz CT molecular complexity index is 968. The van der Waals surface area contributed by atoms with Crippen molar-refractivity contribution in [3.8, 4) is 5.75 Å². The van der Waals surface area contributed by atoms with Gasteiger partial charge >= 0.3 is 5.97 Å². The van der Waals surface area contributed by atoms with Crippen LogP contribution in [0.1, 0.15) is 76.0 Å². The summed E-state index contributed by atoms with van der Waals surface area (Å²) in [6, 6.07) is 13.0. The summed E-state index contributed by atoms with van der Waals surface area (Å²) in [6.45, 7) is 8.85. The van der Waals surface area contributed by atoms with E-state index in [1.165, 1.54) is 28.8 Å². The van der Waals surface area contributed by atoms with Crippen LogP contribution >= 0.6 is 0 Å². The summed E-state index contributed by atoms with van der Waals surface area (Å²) in [5.41, 5.74) is 3.80. The Balaban J connectivity index is 1.61. The highest BCUT2D eigenvalue weighted by Crippen LogP contribution is 2.57. The van der Waals surface area contributed by atoms with Crippen molar-refractivity contribution >= 4 is 11.7 Å². The van der Waals surface area contributed by atoms with Gasteiger partial charge in [0, 0.05) is 12.1 Å². The summed E-state index contributed by atoms with van der Waals surface area (Å²) >= 11 is 0. The minimum Gasteiger partial charge on any atom is -0.595 e. The maximum atomic E-state index is 13.4. The molecule has 0 aromatic heterocycles. The fourth-order valence-corrected chi connectivity index (χ4v) is 6.00. The highest BCUT2D eigenvalue weighted by molar-refractivity contribution is 5.80. The average Bonchev–Trinajstić information content (AvgIpc) is 2.73. The number of quaternary nitrogens is 1. The molecule has 0 spiro atoms. The van der Waals surface area contributed by atoms with Gasteiger partial charge in [0.25, 0.3) is 0 Å². The van der Waals surface area contributed by atoms with Crippen LogP contribution in [0.15, 0.2) is 42.5 Å². The molecule has 0 saturated heterocycles. The fraction of sp³-hybridized carbons (Fsp3) is 0.500. The second-order valence-corrected chi connectivity index (χ2v) is 10.1. The Morgan fingerprint density at radius 1 is 1.16 bits per heavy atom. The van der Waals surface area contributed by atoms with Crippen LogP contribution in [0.4, 0.5) is 5.69 Å². The smallest absolute Gasteiger partial charge is 0.317 e. The molecule has 2 aromatic carbocycles. The molecule has 2 aliphatic rings. The quantitative estimate of drug-likeness (QED) is 0.420. The van der Waals surface area contributed by atoms with Crippen LogP contribution in [0.5, 0.6) is 5.75 Å². The number of nitrogens with one attached hydrogen (secondary N) is 1. The lowest BCUT2D eigenvalue weighted by Crippen LogP contribution is -2.99. The number of hydrogen-bond acceptors (Lipinski definition) is 4. The molecule has 0 amide bonds. The van der Waals surface area contributed by atoms with Crippen molar-refractivity contribution in [2.75, 3.05) is 0 Å². The molecular weight excluding hydrogens is 390 g/mol. The third kappa shape index (κ3) is 3.79. The third-order valence-corrected chi connectivity index (χ3v) is 7.82. The molecule has 0 radical (unpaired) electrons. The van der Waals surface area contributed by atoms with Crippen molar-refractivity contribution in [1.82, 2.24) is 0 Å². The number of carbonyl (C=O) groups is 1. The van der Waals surface area contributed by atoms with Crippen molar-refractivity contribution in [2.24, 2.45) is 11.3 Å². The zero-order valence-corrected chi connectivity index (χ0v) is 18.9. The van der Waals surface area contributed by atoms with E-state index in [0.717, 1.165) is 32.1 Å². The molecule has 0 bridgehead atoms. The van der Waals surface area contributed by atoms with Crippen LogP contribution in [0.25, 0.3) is 0 Å². The molecule has 4 atom stereocenters. The zero-order valence-electron chi connectivity index (χ0n) is 18.9. The van der Waals surface area contributed by atoms with Crippen molar-refractivity contribution in [3.05, 3.63) is 64.4 Å². The van der Waals surface area contributed by atoms with Crippen molar-refractivity contribution in [3.63, 3.8) is 0 Å². The molecule has 0 aliphatic heterocycles. The molecule has 31 heavy (non-hydrogen) atoms. The van der Waals surface area contributed by atoms with Gasteiger partial charge in [-0.05, 0) is 78.7 Å². The van der Waals surface area contributed by atoms with Gasteiger partial charge < -0.3 is 9.94 Å². The molecule has 2 aromatic rings. The molecule has 5 heteroatoms. The highest BCUT2D eigenvalue weighted by Gasteiger charge is 2.55. The van der Waals surface area contributed by atoms with E-state index in [0.29, 0.717) is 11.7 Å². The highest BCUT2D eigenvalue weighted by atomic mass is 16.8. The van der Waals surface area contributed by atoms with E-state index in [4.69, 9.17) is 9.94 Å². The third-order valence-electron chi connectivity index (χ3n) is 7.82. The van der Waals surface area contributed by atoms with Gasteiger partial charge in [0.2, 0.25) is 0 Å². The fourth-order valence-electron chi connectivity index (χ4n) is 6.00. The Labute approximate surface area is 184 Å². The summed E-state index contributed by atoms with van der Waals surface area (Å²) in [6.07, 6.45) is 4.86. The summed E-state index contributed by atoms with van der Waals surface area (Å²) in [4.78, 5) is 13.4. The average molecular weight is 424 g/mol. The van der Waals surface area contributed by atoms with E-state index in [1.807, 2.05) is 0 Å². The standard InChI is InChI=1S/C26H33NO4/c1-17(2)18-6-12-22-19(16-18)7-13-23-25(22,3)14-5-15-26(23,4)24(28)31-21-10-8-20(9-11-21)27(29)30/h6,8-12,16-17,23,27,29H,5,7,13-15H2,1-4H3. The SMILES string of the molecule is CC(C)c1ccc2c(c1)CCC1C(C)(C(=O)Oc3ccc([NH+]([O-])O)cc3)CCCC21C. The van der Waals surface area contributed by atoms with E-state index in [1.54, 1.807) is 12.1 Å². The lowest BCUT2D eigenvalue weighted by atomic mass is 9.49. The summed E-state index contributed by atoms with van der Waals surface area (Å²) < 4.78 is 5.79. The van der Waals surface area contributed by atoms with Crippen molar-refractivity contribution < 1.29 is 20.0 Å². The Hall–Kier alpha value is -2.21. The number of aryl methyl sites for hydroxylation is 1. The summed E-state index contributed by atoms with van der Waals surface area (Å²) in [7, 11) is 0. The van der Waals surface area contributed by atoms with E-state index >= 15 is 0 Å². The molecule has 4 rings (SSSR count). The van der Waals surface area contributed by atoms with Gasteiger partial charge in [-0.15, -0.1) is 0 Å². The lowest BCUT2D eigenvalue weighted by molar-refractivity contribution is -0.991. The molecule has 1 fully saturated rings. The number of ether oxygens (including phenoxy) is 1. The number of fused-ring (bicyclic) bond motifs is 3. The molecule has 1 saturated carbocycles. The van der Waals surface area contributed by atoms with Gasteiger partial charge in [-0.1, -0.05) is 45.4 Å². The molecular formula is C26H33NO4. The first-order chi connectivity index (χ1) is 14.6. The van der Waals surface area contributed by atoms with E-state index < -0.39 is 10.6 Å². The molecule has 166 valence electrons. The molecule has 2 N–H and O–H groups in total. The Kier molecular flexibility index (Phi) is 5.71. The van der Waals surface area contributed by atoms with Crippen molar-refractivity contribution in [2.45, 2.75) is 71.1 Å². The molecule has 4 unspecified atom stereocenters. The van der Waals surface area contributed by atoms with Gasteiger partial charge in [0.1, 0.15) is 5.75 Å². The maximum absolute atomic E-state index is 13.4. The monoisotopic (exact) mass is 423 g/mol. The first kappa shape index (κ1) is 22.0.